The predicted molar refractivity (Wildman–Crippen MR) is 104 cm³/mol. The van der Waals surface area contributed by atoms with Gasteiger partial charge in [-0.15, -0.1) is 10.2 Å². The van der Waals surface area contributed by atoms with Crippen molar-refractivity contribution in [3.05, 3.63) is 53.1 Å². The lowest BCUT2D eigenvalue weighted by molar-refractivity contribution is 0.0945. The highest BCUT2D eigenvalue weighted by molar-refractivity contribution is 7.98. The van der Waals surface area contributed by atoms with Gasteiger partial charge in [0.25, 0.3) is 5.91 Å². The summed E-state index contributed by atoms with van der Waals surface area (Å²) < 4.78 is 7.22. The Labute approximate surface area is 167 Å². The van der Waals surface area contributed by atoms with Crippen LogP contribution in [0.1, 0.15) is 52.7 Å². The molecule has 28 heavy (non-hydrogen) atoms. The van der Waals surface area contributed by atoms with Gasteiger partial charge in [0.05, 0.1) is 17.8 Å². The van der Waals surface area contributed by atoms with Gasteiger partial charge in [-0.25, -0.2) is 4.98 Å². The van der Waals surface area contributed by atoms with Crippen molar-refractivity contribution < 1.29 is 9.32 Å². The summed E-state index contributed by atoms with van der Waals surface area (Å²) in [5.74, 6) is 3.01. The lowest BCUT2D eigenvalue weighted by atomic mass is 10.2. The number of carbonyl (C=O) groups is 1. The molecule has 1 amide bonds. The monoisotopic (exact) mass is 398 g/mol. The van der Waals surface area contributed by atoms with Gasteiger partial charge >= 0.3 is 0 Å². The number of hydrogen-bond donors (Lipinski definition) is 1. The molecule has 1 aliphatic rings. The normalized spacial score (nSPS) is 13.8. The lowest BCUT2D eigenvalue weighted by Crippen LogP contribution is -2.25. The van der Waals surface area contributed by atoms with Crippen LogP contribution in [-0.4, -0.2) is 30.8 Å². The van der Waals surface area contributed by atoms with Crippen LogP contribution >= 0.6 is 11.8 Å². The number of carbonyl (C=O) groups excluding carboxylic acids is 1. The van der Waals surface area contributed by atoms with E-state index in [-0.39, 0.29) is 5.91 Å². The second kappa shape index (κ2) is 8.55. The average Bonchev–Trinajstić information content (AvgIpc) is 3.22. The van der Waals surface area contributed by atoms with Gasteiger partial charge in [-0.2, -0.15) is 0 Å². The quantitative estimate of drug-likeness (QED) is 0.637. The van der Waals surface area contributed by atoms with Crippen molar-refractivity contribution >= 4 is 17.7 Å². The van der Waals surface area contributed by atoms with E-state index in [4.69, 9.17) is 4.52 Å². The van der Waals surface area contributed by atoms with Crippen molar-refractivity contribution in [1.29, 1.82) is 0 Å². The predicted octanol–water partition coefficient (Wildman–Crippen LogP) is 2.92. The summed E-state index contributed by atoms with van der Waals surface area (Å²) in [6.45, 7) is 3.12. The molecular formula is C19H22N6O2S. The highest BCUT2D eigenvalue weighted by Gasteiger charge is 2.17. The molecule has 146 valence electrons. The zero-order valence-corrected chi connectivity index (χ0v) is 16.5. The van der Waals surface area contributed by atoms with E-state index in [1.165, 1.54) is 18.2 Å². The highest BCUT2D eigenvalue weighted by atomic mass is 32.2. The van der Waals surface area contributed by atoms with E-state index in [9.17, 15) is 4.79 Å². The SMILES string of the molecule is Cc1cc(CSc2ncccc2C(=O)NCc2nnc3n2CCCCC3)no1. The van der Waals surface area contributed by atoms with Gasteiger partial charge < -0.3 is 14.4 Å². The standard InChI is InChI=1S/C19H22N6O2S/c1-13-10-14(24-27-13)12-28-19-15(6-5-8-20-19)18(26)21-11-17-23-22-16-7-3-2-4-9-25(16)17/h5-6,8,10H,2-4,7,9,11-12H2,1H3,(H,21,26). The maximum atomic E-state index is 12.8. The van der Waals surface area contributed by atoms with E-state index >= 15 is 0 Å². The van der Waals surface area contributed by atoms with Crippen LogP contribution in [0.3, 0.4) is 0 Å². The molecule has 0 saturated carbocycles. The van der Waals surface area contributed by atoms with Gasteiger partial charge in [-0.3, -0.25) is 4.79 Å². The number of aromatic nitrogens is 5. The lowest BCUT2D eigenvalue weighted by Gasteiger charge is -2.10. The van der Waals surface area contributed by atoms with Gasteiger partial charge in [0.1, 0.15) is 16.6 Å². The molecule has 0 spiro atoms. The molecule has 0 bridgehead atoms. The van der Waals surface area contributed by atoms with Gasteiger partial charge in [0.2, 0.25) is 0 Å². The smallest absolute Gasteiger partial charge is 0.254 e. The summed E-state index contributed by atoms with van der Waals surface area (Å²) in [4.78, 5) is 17.1. The first-order chi connectivity index (χ1) is 13.7. The van der Waals surface area contributed by atoms with E-state index in [0.717, 1.165) is 48.9 Å². The summed E-state index contributed by atoms with van der Waals surface area (Å²) in [7, 11) is 0. The van der Waals surface area contributed by atoms with Crippen molar-refractivity contribution in [2.24, 2.45) is 0 Å². The molecule has 0 saturated heterocycles. The third kappa shape index (κ3) is 4.24. The van der Waals surface area contributed by atoms with Gasteiger partial charge in [0.15, 0.2) is 5.82 Å². The zero-order valence-electron chi connectivity index (χ0n) is 15.7. The Morgan fingerprint density at radius 2 is 2.25 bits per heavy atom. The molecule has 0 aliphatic carbocycles. The van der Waals surface area contributed by atoms with Crippen LogP contribution in [0.5, 0.6) is 0 Å². The van der Waals surface area contributed by atoms with E-state index < -0.39 is 0 Å². The molecule has 9 heteroatoms. The molecule has 1 N–H and O–H groups in total. The maximum absolute atomic E-state index is 12.8. The van der Waals surface area contributed by atoms with Crippen LogP contribution in [0.2, 0.25) is 0 Å². The Kier molecular flexibility index (Phi) is 5.70. The minimum absolute atomic E-state index is 0.169. The largest absolute Gasteiger partial charge is 0.361 e. The molecule has 8 nitrogen and oxygen atoms in total. The number of nitrogens with zero attached hydrogens (tertiary/aromatic N) is 5. The topological polar surface area (TPSA) is 98.7 Å². The molecule has 0 aromatic carbocycles. The number of rotatable bonds is 6. The van der Waals surface area contributed by atoms with Crippen LogP contribution in [0.15, 0.2) is 33.9 Å². The summed E-state index contributed by atoms with van der Waals surface area (Å²) >= 11 is 1.46. The number of hydrogen-bond acceptors (Lipinski definition) is 7. The number of thioether (sulfide) groups is 1. The van der Waals surface area contributed by atoms with Crippen LogP contribution in [0, 0.1) is 6.92 Å². The second-order valence-corrected chi connectivity index (χ2v) is 7.72. The van der Waals surface area contributed by atoms with Crippen molar-refractivity contribution in [2.45, 2.75) is 56.5 Å². The number of amides is 1. The van der Waals surface area contributed by atoms with Gasteiger partial charge in [0, 0.05) is 31.0 Å². The van der Waals surface area contributed by atoms with E-state index in [1.54, 1.807) is 18.3 Å². The van der Waals surface area contributed by atoms with Crippen LogP contribution in [0.4, 0.5) is 0 Å². The maximum Gasteiger partial charge on any atom is 0.254 e. The average molecular weight is 398 g/mol. The molecule has 0 unspecified atom stereocenters. The fraction of sp³-hybridized carbons (Fsp3) is 0.421. The molecule has 4 rings (SSSR count). The number of nitrogens with one attached hydrogen (secondary N) is 1. The molecule has 0 atom stereocenters. The first-order valence-corrected chi connectivity index (χ1v) is 10.4. The number of fused-ring (bicyclic) bond motifs is 1. The highest BCUT2D eigenvalue weighted by Crippen LogP contribution is 2.24. The van der Waals surface area contributed by atoms with Crippen LogP contribution in [-0.2, 0) is 25.3 Å². The third-order valence-corrected chi connectivity index (χ3v) is 5.68. The molecule has 3 aromatic heterocycles. The van der Waals surface area contributed by atoms with Gasteiger partial charge in [-0.05, 0) is 31.9 Å². The molecule has 3 aromatic rings. The van der Waals surface area contributed by atoms with Crippen molar-refractivity contribution in [3.63, 3.8) is 0 Å². The molecule has 0 radical (unpaired) electrons. The first kappa shape index (κ1) is 18.7. The number of aryl methyl sites for hydroxylation is 2. The van der Waals surface area contributed by atoms with Crippen molar-refractivity contribution in [1.82, 2.24) is 30.2 Å². The fourth-order valence-corrected chi connectivity index (χ4v) is 4.11. The summed E-state index contributed by atoms with van der Waals surface area (Å²) in [6, 6.07) is 5.43. The molecular weight excluding hydrogens is 376 g/mol. The Hall–Kier alpha value is -2.68. The minimum Gasteiger partial charge on any atom is -0.361 e. The third-order valence-electron chi connectivity index (χ3n) is 4.64. The van der Waals surface area contributed by atoms with Gasteiger partial charge in [-0.1, -0.05) is 23.3 Å². The Bertz CT molecular complexity index is 967. The first-order valence-electron chi connectivity index (χ1n) is 9.40. The Balaban J connectivity index is 1.42. The fourth-order valence-electron chi connectivity index (χ4n) is 3.24. The zero-order chi connectivity index (χ0) is 19.3. The molecule has 1 aliphatic heterocycles. The second-order valence-electron chi connectivity index (χ2n) is 6.75. The van der Waals surface area contributed by atoms with Crippen molar-refractivity contribution in [3.8, 4) is 0 Å². The Morgan fingerprint density at radius 1 is 1.32 bits per heavy atom. The van der Waals surface area contributed by atoms with Crippen LogP contribution in [0.25, 0.3) is 0 Å². The summed E-state index contributed by atoms with van der Waals surface area (Å²) in [6.07, 6.45) is 6.11. The van der Waals surface area contributed by atoms with Crippen LogP contribution < -0.4 is 5.32 Å². The van der Waals surface area contributed by atoms with Crippen molar-refractivity contribution in [2.75, 3.05) is 0 Å². The Morgan fingerprint density at radius 3 is 3.11 bits per heavy atom. The summed E-state index contributed by atoms with van der Waals surface area (Å²) in [5.41, 5.74) is 1.37. The van der Waals surface area contributed by atoms with E-state index in [1.807, 2.05) is 13.0 Å². The molecule has 4 heterocycles. The van der Waals surface area contributed by atoms with E-state index in [0.29, 0.717) is 22.9 Å². The van der Waals surface area contributed by atoms with E-state index in [2.05, 4.69) is 30.2 Å². The summed E-state index contributed by atoms with van der Waals surface area (Å²) in [5, 5.41) is 16.2. The number of pyridine rings is 1. The molecule has 0 fully saturated rings. The minimum atomic E-state index is -0.169.